The first kappa shape index (κ1) is 13.7. The third-order valence-corrected chi connectivity index (χ3v) is 3.67. The van der Waals surface area contributed by atoms with Crippen LogP contribution >= 0.6 is 0 Å². The summed E-state index contributed by atoms with van der Waals surface area (Å²) in [5.74, 6) is 0. The zero-order chi connectivity index (χ0) is 13.8. The van der Waals surface area contributed by atoms with Gasteiger partial charge in [0.05, 0.1) is 22.7 Å². The minimum absolute atomic E-state index is 1.03. The van der Waals surface area contributed by atoms with E-state index in [4.69, 9.17) is 0 Å². The van der Waals surface area contributed by atoms with Crippen molar-refractivity contribution in [3.8, 4) is 0 Å². The molecule has 0 unspecified atom stereocenters. The van der Waals surface area contributed by atoms with E-state index in [0.29, 0.717) is 0 Å². The van der Waals surface area contributed by atoms with Crippen LogP contribution < -0.4 is 0 Å². The summed E-state index contributed by atoms with van der Waals surface area (Å²) in [6, 6.07) is 12.4. The van der Waals surface area contributed by atoms with Gasteiger partial charge in [0.1, 0.15) is 0 Å². The molecule has 0 radical (unpaired) electrons. The molecule has 0 amide bonds. The molecule has 19 heavy (non-hydrogen) atoms. The Morgan fingerprint density at radius 1 is 0.632 bits per heavy atom. The number of hydrogen-bond donors (Lipinski definition) is 0. The van der Waals surface area contributed by atoms with Crippen molar-refractivity contribution in [2.75, 3.05) is 0 Å². The topological polar surface area (TPSA) is 24.7 Å². The van der Waals surface area contributed by atoms with Gasteiger partial charge in [-0.3, -0.25) is 0 Å². The van der Waals surface area contributed by atoms with Crippen LogP contribution in [0.25, 0.3) is 0 Å². The molecule has 0 aliphatic carbocycles. The molecule has 98 valence electrons. The van der Waals surface area contributed by atoms with Gasteiger partial charge in [-0.1, -0.05) is 36.4 Å². The van der Waals surface area contributed by atoms with E-state index < -0.39 is 0 Å². The SMILES string of the molecule is Cc1cccc(C)c1N=S=Nc1c(C)cccc1C. The normalized spacial score (nSPS) is 10.1. The van der Waals surface area contributed by atoms with Crippen molar-refractivity contribution in [3.63, 3.8) is 0 Å². The van der Waals surface area contributed by atoms with Gasteiger partial charge in [0, 0.05) is 0 Å². The van der Waals surface area contributed by atoms with Crippen molar-refractivity contribution in [1.82, 2.24) is 0 Å². The predicted molar refractivity (Wildman–Crippen MR) is 83.4 cm³/mol. The van der Waals surface area contributed by atoms with Gasteiger partial charge >= 0.3 is 0 Å². The van der Waals surface area contributed by atoms with E-state index >= 15 is 0 Å². The average molecular weight is 270 g/mol. The highest BCUT2D eigenvalue weighted by Crippen LogP contribution is 2.24. The maximum Gasteiger partial charge on any atom is 0.0834 e. The van der Waals surface area contributed by atoms with Gasteiger partial charge in [0.25, 0.3) is 0 Å². The lowest BCUT2D eigenvalue weighted by molar-refractivity contribution is 1.33. The van der Waals surface area contributed by atoms with E-state index in [9.17, 15) is 0 Å². The van der Waals surface area contributed by atoms with Gasteiger partial charge in [-0.2, -0.15) is 8.73 Å². The summed E-state index contributed by atoms with van der Waals surface area (Å²) < 4.78 is 9.07. The molecule has 2 aromatic rings. The fraction of sp³-hybridized carbons (Fsp3) is 0.250. The number of hydrogen-bond acceptors (Lipinski definition) is 2. The summed E-state index contributed by atoms with van der Waals surface area (Å²) in [5, 5.41) is 0. The minimum atomic E-state index is 1.03. The first-order chi connectivity index (χ1) is 9.09. The molecule has 0 spiro atoms. The number of rotatable bonds is 2. The molecular weight excluding hydrogens is 252 g/mol. The first-order valence-electron chi connectivity index (χ1n) is 6.30. The second kappa shape index (κ2) is 5.93. The fourth-order valence-electron chi connectivity index (χ4n) is 2.00. The van der Waals surface area contributed by atoms with Gasteiger partial charge < -0.3 is 0 Å². The summed E-state index contributed by atoms with van der Waals surface area (Å²) in [7, 11) is 0. The molecule has 0 aromatic heterocycles. The van der Waals surface area contributed by atoms with Crippen LogP contribution in [0.4, 0.5) is 11.4 Å². The van der Waals surface area contributed by atoms with E-state index in [1.807, 2.05) is 0 Å². The highest BCUT2D eigenvalue weighted by molar-refractivity contribution is 7.57. The molecule has 2 rings (SSSR count). The van der Waals surface area contributed by atoms with Gasteiger partial charge in [-0.15, -0.1) is 0 Å². The third kappa shape index (κ3) is 3.18. The Morgan fingerprint density at radius 3 is 1.26 bits per heavy atom. The maximum atomic E-state index is 4.53. The Morgan fingerprint density at radius 2 is 0.947 bits per heavy atom. The molecule has 0 atom stereocenters. The maximum absolute atomic E-state index is 4.53. The van der Waals surface area contributed by atoms with Crippen LogP contribution in [0.1, 0.15) is 22.3 Å². The van der Waals surface area contributed by atoms with Crippen molar-refractivity contribution in [3.05, 3.63) is 58.7 Å². The van der Waals surface area contributed by atoms with Crippen molar-refractivity contribution in [2.45, 2.75) is 27.7 Å². The molecule has 0 saturated heterocycles. The average Bonchev–Trinajstić information content (AvgIpc) is 2.36. The zero-order valence-corrected chi connectivity index (χ0v) is 12.6. The minimum Gasteiger partial charge on any atom is -0.175 e. The summed E-state index contributed by atoms with van der Waals surface area (Å²) in [6.07, 6.45) is 0. The number of nitrogens with zero attached hydrogens (tertiary/aromatic N) is 2. The Kier molecular flexibility index (Phi) is 4.27. The second-order valence-corrected chi connectivity index (χ2v) is 5.27. The van der Waals surface area contributed by atoms with Crippen molar-refractivity contribution in [1.29, 1.82) is 0 Å². The summed E-state index contributed by atoms with van der Waals surface area (Å²) in [6.45, 7) is 8.30. The molecule has 0 saturated carbocycles. The fourth-order valence-corrected chi connectivity index (χ4v) is 2.78. The highest BCUT2D eigenvalue weighted by Gasteiger charge is 2.00. The third-order valence-electron chi connectivity index (χ3n) is 3.14. The van der Waals surface area contributed by atoms with Crippen LogP contribution in [-0.2, 0) is 11.4 Å². The molecule has 2 nitrogen and oxygen atoms in total. The van der Waals surface area contributed by atoms with Gasteiger partial charge in [-0.05, 0) is 49.9 Å². The van der Waals surface area contributed by atoms with E-state index in [1.165, 1.54) is 33.6 Å². The standard InChI is InChI=1S/C16H18N2S/c1-11-7-5-8-12(2)15(11)17-19-18-16-13(3)9-6-10-14(16)4/h5-10H,1-4H3. The van der Waals surface area contributed by atoms with Crippen LogP contribution in [0, 0.1) is 27.7 Å². The zero-order valence-electron chi connectivity index (χ0n) is 11.8. The number of benzene rings is 2. The van der Waals surface area contributed by atoms with E-state index in [1.54, 1.807) is 0 Å². The molecular formula is C16H18N2S. The number of aryl methyl sites for hydroxylation is 4. The lowest BCUT2D eigenvalue weighted by atomic mass is 10.1. The van der Waals surface area contributed by atoms with Crippen molar-refractivity contribution in [2.24, 2.45) is 8.73 Å². The molecule has 0 aliphatic heterocycles. The Balaban J connectivity index is 2.40. The molecule has 0 fully saturated rings. The highest BCUT2D eigenvalue weighted by atomic mass is 32.1. The molecule has 0 aliphatic rings. The first-order valence-corrected chi connectivity index (χ1v) is 7.03. The Hall–Kier alpha value is -1.74. The van der Waals surface area contributed by atoms with Gasteiger partial charge in [0.2, 0.25) is 0 Å². The van der Waals surface area contributed by atoms with Crippen molar-refractivity contribution < 1.29 is 0 Å². The van der Waals surface area contributed by atoms with Gasteiger partial charge in [-0.25, -0.2) is 0 Å². The van der Waals surface area contributed by atoms with Crippen LogP contribution in [0.15, 0.2) is 45.1 Å². The van der Waals surface area contributed by atoms with Crippen LogP contribution in [0.3, 0.4) is 0 Å². The van der Waals surface area contributed by atoms with E-state index in [2.05, 4.69) is 72.8 Å². The van der Waals surface area contributed by atoms with Crippen LogP contribution in [0.2, 0.25) is 0 Å². The van der Waals surface area contributed by atoms with E-state index in [0.717, 1.165) is 11.4 Å². The Bertz CT molecular complexity index is 572. The van der Waals surface area contributed by atoms with Crippen LogP contribution in [0.5, 0.6) is 0 Å². The molecule has 3 heteroatoms. The lowest BCUT2D eigenvalue weighted by Gasteiger charge is -2.02. The molecule has 0 heterocycles. The summed E-state index contributed by atoms with van der Waals surface area (Å²) in [5.41, 5.74) is 6.80. The predicted octanol–water partition coefficient (Wildman–Crippen LogP) is 5.33. The second-order valence-electron chi connectivity index (χ2n) is 4.75. The smallest absolute Gasteiger partial charge is 0.0834 e. The monoisotopic (exact) mass is 270 g/mol. The molecule has 0 N–H and O–H groups in total. The molecule has 0 bridgehead atoms. The molecule has 2 aromatic carbocycles. The van der Waals surface area contributed by atoms with E-state index in [-0.39, 0.29) is 0 Å². The summed E-state index contributed by atoms with van der Waals surface area (Å²) in [4.78, 5) is 0. The summed E-state index contributed by atoms with van der Waals surface area (Å²) >= 11 is 1.27. The lowest BCUT2D eigenvalue weighted by Crippen LogP contribution is -1.79. The quantitative estimate of drug-likeness (QED) is 0.704. The van der Waals surface area contributed by atoms with Crippen molar-refractivity contribution >= 4 is 22.7 Å². The Labute approximate surface area is 118 Å². The van der Waals surface area contributed by atoms with Crippen LogP contribution in [-0.4, -0.2) is 0 Å². The largest absolute Gasteiger partial charge is 0.175 e. The van der Waals surface area contributed by atoms with Gasteiger partial charge in [0.15, 0.2) is 0 Å².